The maximum atomic E-state index is 11.6. The van der Waals surface area contributed by atoms with Crippen LogP contribution in [-0.4, -0.2) is 46.0 Å². The molecule has 2 heterocycles. The topological polar surface area (TPSA) is 79.9 Å². The summed E-state index contributed by atoms with van der Waals surface area (Å²) in [6.45, 7) is 4.70. The van der Waals surface area contributed by atoms with E-state index in [1.165, 1.54) is 0 Å². The number of primary amides is 1. The minimum absolute atomic E-state index is 0.0540. The van der Waals surface area contributed by atoms with Crippen molar-refractivity contribution in [1.82, 2.24) is 4.90 Å². The van der Waals surface area contributed by atoms with Gasteiger partial charge in [-0.1, -0.05) is 18.2 Å². The Bertz CT molecular complexity index is 689. The van der Waals surface area contributed by atoms with Gasteiger partial charge in [0.1, 0.15) is 11.4 Å². The Morgan fingerprint density at radius 3 is 2.75 bits per heavy atom. The minimum atomic E-state index is -0.496. The predicted molar refractivity (Wildman–Crippen MR) is 98.0 cm³/mol. The predicted octanol–water partition coefficient (Wildman–Crippen LogP) is 1.91. The first kappa shape index (κ1) is 16.9. The van der Waals surface area contributed by atoms with Crippen molar-refractivity contribution in [2.75, 3.05) is 18.5 Å². The lowest BCUT2D eigenvalue weighted by atomic mass is 9.79. The van der Waals surface area contributed by atoms with Crippen LogP contribution in [-0.2, 0) is 9.53 Å². The summed E-state index contributed by atoms with van der Waals surface area (Å²) in [5.74, 6) is 0.341. The van der Waals surface area contributed by atoms with E-state index in [1.54, 1.807) is 0 Å². The van der Waals surface area contributed by atoms with Gasteiger partial charge in [0, 0.05) is 25.1 Å². The van der Waals surface area contributed by atoms with Gasteiger partial charge in [-0.3, -0.25) is 4.79 Å². The van der Waals surface area contributed by atoms with Crippen molar-refractivity contribution in [3.63, 3.8) is 0 Å². The maximum Gasteiger partial charge on any atom is 0.237 e. The summed E-state index contributed by atoms with van der Waals surface area (Å²) >= 11 is 5.43. The monoisotopic (exact) mass is 346 g/mol. The van der Waals surface area contributed by atoms with Crippen molar-refractivity contribution in [1.29, 1.82) is 0 Å². The SMILES string of the molecule is CC1(C)C[C@]2(CCO1)C(Nc1ccccc1)=NC(=S)N2CC(N)=O. The number of nitrogens with two attached hydrogens (primary N) is 1. The highest BCUT2D eigenvalue weighted by Crippen LogP contribution is 2.41. The highest BCUT2D eigenvalue weighted by atomic mass is 32.1. The fraction of sp³-hybridized carbons (Fsp3) is 0.471. The van der Waals surface area contributed by atoms with Crippen molar-refractivity contribution >= 4 is 34.8 Å². The van der Waals surface area contributed by atoms with E-state index in [2.05, 4.69) is 10.3 Å². The minimum Gasteiger partial charge on any atom is -0.375 e. The van der Waals surface area contributed by atoms with Crippen LogP contribution in [0.1, 0.15) is 26.7 Å². The summed E-state index contributed by atoms with van der Waals surface area (Å²) in [5.41, 5.74) is 5.54. The van der Waals surface area contributed by atoms with Crippen LogP contribution in [0.25, 0.3) is 0 Å². The molecule has 1 aromatic rings. The molecular weight excluding hydrogens is 324 g/mol. The molecule has 7 heteroatoms. The van der Waals surface area contributed by atoms with Gasteiger partial charge in [-0.05, 0) is 38.2 Å². The summed E-state index contributed by atoms with van der Waals surface area (Å²) in [5, 5.41) is 3.78. The zero-order chi connectivity index (χ0) is 17.4. The lowest BCUT2D eigenvalue weighted by Crippen LogP contribution is -2.61. The molecule has 0 saturated carbocycles. The van der Waals surface area contributed by atoms with Crippen molar-refractivity contribution in [3.05, 3.63) is 30.3 Å². The van der Waals surface area contributed by atoms with Crippen LogP contribution in [0.2, 0.25) is 0 Å². The Kier molecular flexibility index (Phi) is 4.31. The number of ether oxygens (including phenoxy) is 1. The van der Waals surface area contributed by atoms with Gasteiger partial charge in [-0.2, -0.15) is 0 Å². The Hall–Kier alpha value is -1.99. The number of para-hydroxylation sites is 1. The first-order valence-electron chi connectivity index (χ1n) is 7.98. The second-order valence-electron chi connectivity index (χ2n) is 6.85. The van der Waals surface area contributed by atoms with Crippen molar-refractivity contribution in [2.24, 2.45) is 10.7 Å². The fourth-order valence-electron chi connectivity index (χ4n) is 3.52. The fourth-order valence-corrected chi connectivity index (χ4v) is 3.85. The molecule has 1 spiro atoms. The van der Waals surface area contributed by atoms with Gasteiger partial charge in [0.15, 0.2) is 5.11 Å². The average molecular weight is 346 g/mol. The van der Waals surface area contributed by atoms with E-state index in [4.69, 9.17) is 22.7 Å². The van der Waals surface area contributed by atoms with Gasteiger partial charge in [0.25, 0.3) is 0 Å². The highest BCUT2D eigenvalue weighted by molar-refractivity contribution is 7.80. The summed E-state index contributed by atoms with van der Waals surface area (Å²) in [6.07, 6.45) is 1.37. The molecule has 1 aromatic carbocycles. The van der Waals surface area contributed by atoms with Gasteiger partial charge in [-0.15, -0.1) is 0 Å². The third kappa shape index (κ3) is 3.14. The molecule has 0 aromatic heterocycles. The number of nitrogens with one attached hydrogen (secondary N) is 1. The summed E-state index contributed by atoms with van der Waals surface area (Å²) < 4.78 is 5.87. The Morgan fingerprint density at radius 2 is 2.12 bits per heavy atom. The Morgan fingerprint density at radius 1 is 1.42 bits per heavy atom. The quantitative estimate of drug-likeness (QED) is 0.817. The van der Waals surface area contributed by atoms with Gasteiger partial charge in [0.05, 0.1) is 12.1 Å². The molecule has 1 saturated heterocycles. The molecule has 0 unspecified atom stereocenters. The van der Waals surface area contributed by atoms with Crippen LogP contribution < -0.4 is 11.1 Å². The number of hydrogen-bond acceptors (Lipinski definition) is 4. The number of hydrogen-bond donors (Lipinski definition) is 2. The molecule has 0 bridgehead atoms. The highest BCUT2D eigenvalue weighted by Gasteiger charge is 2.53. The second kappa shape index (κ2) is 6.14. The maximum absolute atomic E-state index is 11.6. The van der Waals surface area contributed by atoms with Gasteiger partial charge < -0.3 is 20.7 Å². The van der Waals surface area contributed by atoms with E-state index in [0.29, 0.717) is 24.6 Å². The summed E-state index contributed by atoms with van der Waals surface area (Å²) in [7, 11) is 0. The van der Waals surface area contributed by atoms with E-state index >= 15 is 0 Å². The number of nitrogens with zero attached hydrogens (tertiary/aromatic N) is 2. The van der Waals surface area contributed by atoms with E-state index in [9.17, 15) is 4.79 Å². The second-order valence-corrected chi connectivity index (χ2v) is 7.22. The van der Waals surface area contributed by atoms with E-state index in [1.807, 2.05) is 49.1 Å². The number of benzene rings is 1. The average Bonchev–Trinajstić information content (AvgIpc) is 2.72. The van der Waals surface area contributed by atoms with Gasteiger partial charge in [-0.25, -0.2) is 4.99 Å². The number of carbonyl (C=O) groups is 1. The molecule has 6 nitrogen and oxygen atoms in total. The molecule has 3 rings (SSSR count). The first-order valence-corrected chi connectivity index (χ1v) is 8.38. The van der Waals surface area contributed by atoms with Crippen LogP contribution in [0.3, 0.4) is 0 Å². The molecule has 1 atom stereocenters. The Labute approximate surface area is 147 Å². The molecule has 128 valence electrons. The number of aliphatic imine (C=N–C) groups is 1. The number of carbonyl (C=O) groups excluding carboxylic acids is 1. The molecule has 1 amide bonds. The van der Waals surface area contributed by atoms with Crippen LogP contribution in [0.5, 0.6) is 0 Å². The molecular formula is C17H22N4O2S. The Balaban J connectivity index is 1.97. The van der Waals surface area contributed by atoms with Gasteiger partial charge in [0.2, 0.25) is 5.91 Å². The third-order valence-electron chi connectivity index (χ3n) is 4.47. The van der Waals surface area contributed by atoms with Crippen LogP contribution in [0, 0.1) is 0 Å². The molecule has 0 radical (unpaired) electrons. The number of rotatable bonds is 3. The number of amides is 1. The summed E-state index contributed by atoms with van der Waals surface area (Å²) in [6, 6.07) is 9.82. The normalized spacial score (nSPS) is 25.7. The third-order valence-corrected chi connectivity index (χ3v) is 4.78. The van der Waals surface area contributed by atoms with Crippen molar-refractivity contribution in [2.45, 2.75) is 37.8 Å². The van der Waals surface area contributed by atoms with E-state index in [-0.39, 0.29) is 12.1 Å². The van der Waals surface area contributed by atoms with Crippen molar-refractivity contribution in [3.8, 4) is 0 Å². The van der Waals surface area contributed by atoms with E-state index < -0.39 is 11.4 Å². The number of anilines is 1. The molecule has 0 aliphatic carbocycles. The molecule has 2 aliphatic rings. The first-order chi connectivity index (χ1) is 11.3. The van der Waals surface area contributed by atoms with E-state index in [0.717, 1.165) is 11.5 Å². The standard InChI is InChI=1S/C17H22N4O2S/c1-16(2)11-17(8-9-23-16)14(19-12-6-4-3-5-7-12)20-15(24)21(17)10-13(18)22/h3-7H,8-11H2,1-2H3,(H2,18,22)(H,19,20,24)/t17-/m1/s1. The van der Waals surface area contributed by atoms with Gasteiger partial charge >= 0.3 is 0 Å². The number of amidine groups is 1. The zero-order valence-corrected chi connectivity index (χ0v) is 14.7. The molecule has 3 N–H and O–H groups in total. The number of thiocarbonyl (C=S) groups is 1. The van der Waals surface area contributed by atoms with Crippen LogP contribution >= 0.6 is 12.2 Å². The van der Waals surface area contributed by atoms with Crippen LogP contribution in [0.4, 0.5) is 5.69 Å². The lowest BCUT2D eigenvalue weighted by Gasteiger charge is -2.47. The molecule has 24 heavy (non-hydrogen) atoms. The smallest absolute Gasteiger partial charge is 0.237 e. The zero-order valence-electron chi connectivity index (χ0n) is 13.9. The molecule has 2 aliphatic heterocycles. The largest absolute Gasteiger partial charge is 0.375 e. The lowest BCUT2D eigenvalue weighted by molar-refractivity contribution is -0.121. The summed E-state index contributed by atoms with van der Waals surface area (Å²) in [4.78, 5) is 18.0. The molecule has 1 fully saturated rings. The van der Waals surface area contributed by atoms with Crippen molar-refractivity contribution < 1.29 is 9.53 Å². The van der Waals surface area contributed by atoms with Crippen LogP contribution in [0.15, 0.2) is 35.3 Å².